The molecule has 0 spiro atoms. The number of carbonyl (C=O) groups excluding carboxylic acids is 1. The van der Waals surface area contributed by atoms with Gasteiger partial charge in [0.2, 0.25) is 10.0 Å². The molecule has 0 fully saturated rings. The molecule has 0 radical (unpaired) electrons. The maximum Gasteiger partial charge on any atom is 0.263 e. The lowest BCUT2D eigenvalue weighted by Crippen LogP contribution is -2.47. The van der Waals surface area contributed by atoms with Crippen LogP contribution in [0.4, 0.5) is 5.69 Å². The van der Waals surface area contributed by atoms with E-state index >= 15 is 0 Å². The van der Waals surface area contributed by atoms with Crippen LogP contribution in [0.5, 0.6) is 5.75 Å². The highest BCUT2D eigenvalue weighted by atomic mass is 32.2. The summed E-state index contributed by atoms with van der Waals surface area (Å²) in [4.78, 5) is 12.8. The normalized spacial score (nSPS) is 13.4. The molecule has 0 saturated carbocycles. The SMILES string of the molecule is CCOc1ccc(N([C@@H](C)C(=O)N/N=C(/C)CC(C)(C)c2ccccc2)S(C)(=O)=O)cc1. The number of sulfonamides is 1. The van der Waals surface area contributed by atoms with Crippen LogP contribution in [0.25, 0.3) is 0 Å². The van der Waals surface area contributed by atoms with Gasteiger partial charge in [-0.1, -0.05) is 44.2 Å². The predicted octanol–water partition coefficient (Wildman–Crippen LogP) is 4.10. The zero-order chi connectivity index (χ0) is 23.9. The smallest absolute Gasteiger partial charge is 0.263 e. The van der Waals surface area contributed by atoms with E-state index in [0.29, 0.717) is 24.5 Å². The Bertz CT molecular complexity index is 1030. The Balaban J connectivity index is 2.14. The summed E-state index contributed by atoms with van der Waals surface area (Å²) in [5, 5.41) is 4.23. The lowest BCUT2D eigenvalue weighted by molar-refractivity contribution is -0.121. The fourth-order valence-corrected chi connectivity index (χ4v) is 4.75. The summed E-state index contributed by atoms with van der Waals surface area (Å²) in [5.74, 6) is 0.115. The van der Waals surface area contributed by atoms with Crippen molar-refractivity contribution >= 4 is 27.3 Å². The van der Waals surface area contributed by atoms with E-state index < -0.39 is 22.0 Å². The Morgan fingerprint density at radius 1 is 1.12 bits per heavy atom. The standard InChI is InChI=1S/C24H33N3O4S/c1-7-31-22-15-13-21(14-16-22)27(32(6,29)30)19(3)23(28)26-25-18(2)17-24(4,5)20-11-9-8-10-12-20/h8-16,19H,7,17H2,1-6H3,(H,26,28)/b25-18-/t19-/m0/s1. The van der Waals surface area contributed by atoms with E-state index in [2.05, 4.69) is 36.5 Å². The number of nitrogens with one attached hydrogen (secondary N) is 1. The summed E-state index contributed by atoms with van der Waals surface area (Å²) in [6, 6.07) is 15.7. The number of carbonyl (C=O) groups is 1. The van der Waals surface area contributed by atoms with Gasteiger partial charge < -0.3 is 4.74 Å². The number of nitrogens with zero attached hydrogens (tertiary/aromatic N) is 2. The van der Waals surface area contributed by atoms with Crippen LogP contribution in [-0.4, -0.2) is 38.9 Å². The zero-order valence-corrected chi connectivity index (χ0v) is 20.4. The van der Waals surface area contributed by atoms with Gasteiger partial charge in [-0.15, -0.1) is 0 Å². The number of hydrogen-bond acceptors (Lipinski definition) is 5. The summed E-state index contributed by atoms with van der Waals surface area (Å²) in [7, 11) is -3.71. The number of hydrogen-bond donors (Lipinski definition) is 1. The number of rotatable bonds is 10. The van der Waals surface area contributed by atoms with Crippen molar-refractivity contribution in [2.24, 2.45) is 5.10 Å². The second-order valence-electron chi connectivity index (χ2n) is 8.41. The van der Waals surface area contributed by atoms with Crippen LogP contribution in [-0.2, 0) is 20.2 Å². The van der Waals surface area contributed by atoms with Gasteiger partial charge in [0.05, 0.1) is 18.6 Å². The molecular formula is C24H33N3O4S. The van der Waals surface area contributed by atoms with Gasteiger partial charge in [0, 0.05) is 5.71 Å². The predicted molar refractivity (Wildman–Crippen MR) is 130 cm³/mol. The molecule has 0 bridgehead atoms. The third-order valence-electron chi connectivity index (χ3n) is 5.10. The van der Waals surface area contributed by atoms with Crippen LogP contribution in [0, 0.1) is 0 Å². The van der Waals surface area contributed by atoms with Crippen molar-refractivity contribution in [3.8, 4) is 5.75 Å². The first kappa shape index (κ1) is 25.4. The molecule has 32 heavy (non-hydrogen) atoms. The van der Waals surface area contributed by atoms with Gasteiger partial charge in [-0.05, 0) is 62.4 Å². The van der Waals surface area contributed by atoms with Gasteiger partial charge in [0.1, 0.15) is 11.8 Å². The molecule has 0 aliphatic carbocycles. The van der Waals surface area contributed by atoms with Crippen LogP contribution in [0.1, 0.15) is 46.6 Å². The number of amides is 1. The molecular weight excluding hydrogens is 426 g/mol. The molecule has 2 aromatic rings. The number of ether oxygens (including phenoxy) is 1. The van der Waals surface area contributed by atoms with E-state index in [-0.39, 0.29) is 5.41 Å². The lowest BCUT2D eigenvalue weighted by Gasteiger charge is -2.28. The van der Waals surface area contributed by atoms with Crippen molar-refractivity contribution in [2.45, 2.75) is 52.5 Å². The first-order chi connectivity index (χ1) is 15.0. The summed E-state index contributed by atoms with van der Waals surface area (Å²) >= 11 is 0. The van der Waals surface area contributed by atoms with Crippen LogP contribution >= 0.6 is 0 Å². The summed E-state index contributed by atoms with van der Waals surface area (Å²) in [6.07, 6.45) is 1.71. The average molecular weight is 460 g/mol. The van der Waals surface area contributed by atoms with Crippen LogP contribution in [0.15, 0.2) is 59.7 Å². The molecule has 2 rings (SSSR count). The van der Waals surface area contributed by atoms with Gasteiger partial charge in [-0.25, -0.2) is 13.8 Å². The van der Waals surface area contributed by atoms with Gasteiger partial charge in [0.15, 0.2) is 0 Å². The molecule has 1 N–H and O–H groups in total. The van der Waals surface area contributed by atoms with Crippen molar-refractivity contribution < 1.29 is 17.9 Å². The molecule has 7 nitrogen and oxygen atoms in total. The number of anilines is 1. The lowest BCUT2D eigenvalue weighted by atomic mass is 9.80. The third-order valence-corrected chi connectivity index (χ3v) is 6.34. The van der Waals surface area contributed by atoms with Gasteiger partial charge >= 0.3 is 0 Å². The monoisotopic (exact) mass is 459 g/mol. The third kappa shape index (κ3) is 6.82. The number of benzene rings is 2. The largest absolute Gasteiger partial charge is 0.494 e. The molecule has 0 aliphatic heterocycles. The maximum absolute atomic E-state index is 12.8. The van der Waals surface area contributed by atoms with Gasteiger partial charge in [-0.3, -0.25) is 9.10 Å². The molecule has 0 aliphatic rings. The Morgan fingerprint density at radius 3 is 2.25 bits per heavy atom. The summed E-state index contributed by atoms with van der Waals surface area (Å²) < 4.78 is 31.4. The van der Waals surface area contributed by atoms with Crippen molar-refractivity contribution in [1.29, 1.82) is 0 Å². The van der Waals surface area contributed by atoms with Crippen LogP contribution in [0.3, 0.4) is 0 Å². The molecule has 1 atom stereocenters. The minimum atomic E-state index is -3.71. The van der Waals surface area contributed by atoms with Crippen LogP contribution < -0.4 is 14.5 Å². The summed E-state index contributed by atoms with van der Waals surface area (Å²) in [6.45, 7) is 9.98. The molecule has 0 aromatic heterocycles. The van der Waals surface area contributed by atoms with Crippen molar-refractivity contribution in [3.05, 3.63) is 60.2 Å². The average Bonchev–Trinajstić information content (AvgIpc) is 2.73. The molecule has 174 valence electrons. The maximum atomic E-state index is 12.8. The molecule has 8 heteroatoms. The Morgan fingerprint density at radius 2 is 1.72 bits per heavy atom. The quantitative estimate of drug-likeness (QED) is 0.428. The van der Waals surface area contributed by atoms with Crippen LogP contribution in [0.2, 0.25) is 0 Å². The van der Waals surface area contributed by atoms with Crippen molar-refractivity contribution in [2.75, 3.05) is 17.2 Å². The number of hydrazone groups is 1. The fraction of sp³-hybridized carbons (Fsp3) is 0.417. The van der Waals surface area contributed by atoms with E-state index in [1.807, 2.05) is 32.0 Å². The minimum Gasteiger partial charge on any atom is -0.494 e. The van der Waals surface area contributed by atoms with E-state index in [9.17, 15) is 13.2 Å². The topological polar surface area (TPSA) is 88.1 Å². The first-order valence-electron chi connectivity index (χ1n) is 10.6. The van der Waals surface area contributed by atoms with E-state index in [1.165, 1.54) is 12.5 Å². The molecule has 1 amide bonds. The molecule has 2 aromatic carbocycles. The Kier molecular flexibility index (Phi) is 8.44. The second kappa shape index (κ2) is 10.6. The van der Waals surface area contributed by atoms with E-state index in [4.69, 9.17) is 4.74 Å². The molecule has 0 heterocycles. The highest BCUT2D eigenvalue weighted by Gasteiger charge is 2.29. The first-order valence-corrected chi connectivity index (χ1v) is 12.4. The van der Waals surface area contributed by atoms with Crippen molar-refractivity contribution in [1.82, 2.24) is 5.43 Å². The highest BCUT2D eigenvalue weighted by molar-refractivity contribution is 7.92. The second-order valence-corrected chi connectivity index (χ2v) is 10.3. The fourth-order valence-electron chi connectivity index (χ4n) is 3.58. The Hall–Kier alpha value is -2.87. The Labute approximate surface area is 191 Å². The molecule has 0 saturated heterocycles. The van der Waals surface area contributed by atoms with Gasteiger partial charge in [-0.2, -0.15) is 5.10 Å². The minimum absolute atomic E-state index is 0.160. The van der Waals surface area contributed by atoms with Crippen molar-refractivity contribution in [3.63, 3.8) is 0 Å². The summed E-state index contributed by atoms with van der Waals surface area (Å²) in [5.41, 5.74) is 4.66. The van der Waals surface area contributed by atoms with E-state index in [1.54, 1.807) is 24.3 Å². The van der Waals surface area contributed by atoms with E-state index in [0.717, 1.165) is 16.3 Å². The molecule has 0 unspecified atom stereocenters. The highest BCUT2D eigenvalue weighted by Crippen LogP contribution is 2.27. The van der Waals surface area contributed by atoms with Gasteiger partial charge in [0.25, 0.3) is 5.91 Å². The zero-order valence-electron chi connectivity index (χ0n) is 19.6.